The van der Waals surface area contributed by atoms with Crippen molar-refractivity contribution in [3.63, 3.8) is 0 Å². The molecule has 7 nitrogen and oxygen atoms in total. The van der Waals surface area contributed by atoms with Gasteiger partial charge >= 0.3 is 0 Å². The number of hydrogen-bond donors (Lipinski definition) is 1. The van der Waals surface area contributed by atoms with Crippen LogP contribution in [0, 0.1) is 0 Å². The summed E-state index contributed by atoms with van der Waals surface area (Å²) in [6.45, 7) is 0.463. The van der Waals surface area contributed by atoms with Crippen LogP contribution in [0.15, 0.2) is 77.4 Å². The first-order valence-electron chi connectivity index (χ1n) is 9.88. The van der Waals surface area contributed by atoms with Gasteiger partial charge < -0.3 is 19.2 Å². The summed E-state index contributed by atoms with van der Waals surface area (Å²) in [6, 6.07) is 20.6. The molecule has 1 amide bonds. The Hall–Kier alpha value is -4.00. The Morgan fingerprint density at radius 2 is 1.81 bits per heavy atom. The van der Waals surface area contributed by atoms with Crippen molar-refractivity contribution in [3.05, 3.63) is 84.3 Å². The van der Waals surface area contributed by atoms with Crippen LogP contribution in [0.25, 0.3) is 17.1 Å². The minimum atomic E-state index is -0.213. The lowest BCUT2D eigenvalue weighted by atomic mass is 10.1. The Labute approximate surface area is 180 Å². The summed E-state index contributed by atoms with van der Waals surface area (Å²) in [5.74, 6) is 1.73. The van der Waals surface area contributed by atoms with E-state index in [4.69, 9.17) is 13.9 Å². The molecule has 0 saturated heterocycles. The average Bonchev–Trinajstić information content (AvgIpc) is 3.49. The minimum Gasteiger partial charge on any atom is -0.493 e. The SMILES string of the molecule is COc1ccc(CCNC(=O)c2cc(-c3ccco3)nn2-c2ccccc2)cc1OC. The van der Waals surface area contributed by atoms with E-state index in [0.29, 0.717) is 41.6 Å². The summed E-state index contributed by atoms with van der Waals surface area (Å²) >= 11 is 0. The predicted octanol–water partition coefficient (Wildman–Crippen LogP) is 4.12. The number of rotatable bonds is 8. The van der Waals surface area contributed by atoms with Gasteiger partial charge in [-0.3, -0.25) is 4.79 Å². The van der Waals surface area contributed by atoms with Gasteiger partial charge in [-0.15, -0.1) is 0 Å². The molecule has 0 spiro atoms. The molecule has 4 rings (SSSR count). The van der Waals surface area contributed by atoms with Crippen LogP contribution in [0.4, 0.5) is 0 Å². The molecule has 1 N–H and O–H groups in total. The van der Waals surface area contributed by atoms with Crippen molar-refractivity contribution in [2.75, 3.05) is 20.8 Å². The smallest absolute Gasteiger partial charge is 0.270 e. The Morgan fingerprint density at radius 3 is 2.52 bits per heavy atom. The van der Waals surface area contributed by atoms with Crippen LogP contribution < -0.4 is 14.8 Å². The molecule has 0 radical (unpaired) electrons. The third kappa shape index (κ3) is 4.45. The van der Waals surface area contributed by atoms with Crippen molar-refractivity contribution in [2.45, 2.75) is 6.42 Å². The van der Waals surface area contributed by atoms with Crippen LogP contribution in [0.2, 0.25) is 0 Å². The fourth-order valence-electron chi connectivity index (χ4n) is 3.30. The van der Waals surface area contributed by atoms with Crippen LogP contribution in [0.3, 0.4) is 0 Å². The maximum atomic E-state index is 13.0. The second-order valence-corrected chi connectivity index (χ2v) is 6.83. The molecule has 0 saturated carbocycles. The number of aromatic nitrogens is 2. The van der Waals surface area contributed by atoms with Crippen LogP contribution >= 0.6 is 0 Å². The van der Waals surface area contributed by atoms with E-state index >= 15 is 0 Å². The van der Waals surface area contributed by atoms with Gasteiger partial charge in [0.2, 0.25) is 0 Å². The predicted molar refractivity (Wildman–Crippen MR) is 117 cm³/mol. The highest BCUT2D eigenvalue weighted by Gasteiger charge is 2.18. The lowest BCUT2D eigenvalue weighted by Gasteiger charge is -2.11. The van der Waals surface area contributed by atoms with Gasteiger partial charge in [0.15, 0.2) is 17.3 Å². The summed E-state index contributed by atoms with van der Waals surface area (Å²) in [5.41, 5.74) is 2.86. The number of amides is 1. The number of nitrogens with zero attached hydrogens (tertiary/aromatic N) is 2. The number of methoxy groups -OCH3 is 2. The molecular weight excluding hydrogens is 394 g/mol. The lowest BCUT2D eigenvalue weighted by Crippen LogP contribution is -2.27. The molecule has 158 valence electrons. The van der Waals surface area contributed by atoms with E-state index in [1.807, 2.05) is 54.6 Å². The Bertz CT molecular complexity index is 1150. The van der Waals surface area contributed by atoms with Crippen LogP contribution in [-0.4, -0.2) is 36.5 Å². The monoisotopic (exact) mass is 417 g/mol. The third-order valence-corrected chi connectivity index (χ3v) is 4.86. The maximum absolute atomic E-state index is 13.0. The third-order valence-electron chi connectivity index (χ3n) is 4.86. The lowest BCUT2D eigenvalue weighted by molar-refractivity contribution is 0.0946. The quantitative estimate of drug-likeness (QED) is 0.467. The summed E-state index contributed by atoms with van der Waals surface area (Å²) < 4.78 is 17.7. The number of furan rings is 1. The van der Waals surface area contributed by atoms with Gasteiger partial charge in [0, 0.05) is 12.6 Å². The van der Waals surface area contributed by atoms with Gasteiger partial charge in [-0.2, -0.15) is 5.10 Å². The van der Waals surface area contributed by atoms with Crippen LogP contribution in [-0.2, 0) is 6.42 Å². The number of hydrogen-bond acceptors (Lipinski definition) is 5. The van der Waals surface area contributed by atoms with E-state index in [-0.39, 0.29) is 5.91 Å². The Balaban J connectivity index is 1.51. The van der Waals surface area contributed by atoms with Crippen molar-refractivity contribution in [1.29, 1.82) is 0 Å². The second kappa shape index (κ2) is 9.21. The first-order chi connectivity index (χ1) is 15.2. The van der Waals surface area contributed by atoms with Gasteiger partial charge in [-0.25, -0.2) is 4.68 Å². The summed E-state index contributed by atoms with van der Waals surface area (Å²) in [5, 5.41) is 7.56. The number of carbonyl (C=O) groups is 1. The van der Waals surface area contributed by atoms with Crippen LogP contribution in [0.1, 0.15) is 16.1 Å². The standard InChI is InChI=1S/C24H23N3O4/c1-29-22-11-10-17(15-23(22)30-2)12-13-25-24(28)20-16-19(21-9-6-14-31-21)26-27(20)18-7-4-3-5-8-18/h3-11,14-16H,12-13H2,1-2H3,(H,25,28). The molecule has 2 aromatic heterocycles. The molecule has 0 unspecified atom stereocenters. The van der Waals surface area contributed by atoms with Gasteiger partial charge in [0.25, 0.3) is 5.91 Å². The maximum Gasteiger partial charge on any atom is 0.270 e. The topological polar surface area (TPSA) is 78.5 Å². The molecule has 0 fully saturated rings. The van der Waals surface area contributed by atoms with Gasteiger partial charge in [0.05, 0.1) is 26.2 Å². The normalized spacial score (nSPS) is 10.6. The van der Waals surface area contributed by atoms with Crippen molar-refractivity contribution in [3.8, 4) is 28.6 Å². The van der Waals surface area contributed by atoms with Crippen molar-refractivity contribution in [2.24, 2.45) is 0 Å². The number of ether oxygens (including phenoxy) is 2. The molecule has 2 aromatic carbocycles. The zero-order valence-electron chi connectivity index (χ0n) is 17.4. The molecule has 31 heavy (non-hydrogen) atoms. The molecule has 7 heteroatoms. The molecule has 0 atom stereocenters. The highest BCUT2D eigenvalue weighted by molar-refractivity contribution is 5.94. The zero-order chi connectivity index (χ0) is 21.6. The average molecular weight is 417 g/mol. The highest BCUT2D eigenvalue weighted by atomic mass is 16.5. The molecule has 0 aliphatic carbocycles. The van der Waals surface area contributed by atoms with Crippen molar-refractivity contribution >= 4 is 5.91 Å². The van der Waals surface area contributed by atoms with Gasteiger partial charge in [-0.05, 0) is 48.4 Å². The highest BCUT2D eigenvalue weighted by Crippen LogP contribution is 2.27. The molecule has 2 heterocycles. The molecule has 0 aliphatic rings. The summed E-state index contributed by atoms with van der Waals surface area (Å²) in [4.78, 5) is 13.0. The largest absolute Gasteiger partial charge is 0.493 e. The minimum absolute atomic E-state index is 0.213. The summed E-state index contributed by atoms with van der Waals surface area (Å²) in [6.07, 6.45) is 2.23. The first kappa shape index (κ1) is 20.3. The van der Waals surface area contributed by atoms with Crippen molar-refractivity contribution < 1.29 is 18.7 Å². The first-order valence-corrected chi connectivity index (χ1v) is 9.88. The Morgan fingerprint density at radius 1 is 1.00 bits per heavy atom. The molecular formula is C24H23N3O4. The molecule has 4 aromatic rings. The van der Waals surface area contributed by atoms with Crippen molar-refractivity contribution in [1.82, 2.24) is 15.1 Å². The number of carbonyl (C=O) groups excluding carboxylic acids is 1. The number of benzene rings is 2. The van der Waals surface area contributed by atoms with E-state index in [1.165, 1.54) is 0 Å². The molecule has 0 aliphatic heterocycles. The number of para-hydroxylation sites is 1. The summed E-state index contributed by atoms with van der Waals surface area (Å²) in [7, 11) is 3.20. The van der Waals surface area contributed by atoms with Gasteiger partial charge in [0.1, 0.15) is 11.4 Å². The zero-order valence-corrected chi connectivity index (χ0v) is 17.4. The molecule has 0 bridgehead atoms. The fourth-order valence-corrected chi connectivity index (χ4v) is 3.30. The van der Waals surface area contributed by atoms with Crippen LogP contribution in [0.5, 0.6) is 11.5 Å². The van der Waals surface area contributed by atoms with E-state index in [2.05, 4.69) is 10.4 Å². The van der Waals surface area contributed by atoms with Gasteiger partial charge in [-0.1, -0.05) is 24.3 Å². The second-order valence-electron chi connectivity index (χ2n) is 6.83. The number of nitrogens with one attached hydrogen (secondary N) is 1. The van der Waals surface area contributed by atoms with E-state index in [9.17, 15) is 4.79 Å². The van der Waals surface area contributed by atoms with E-state index in [0.717, 1.165) is 11.3 Å². The Kier molecular flexibility index (Phi) is 6.03. The fraction of sp³-hybridized carbons (Fsp3) is 0.167. The van der Waals surface area contributed by atoms with E-state index in [1.54, 1.807) is 37.3 Å². The van der Waals surface area contributed by atoms with E-state index < -0.39 is 0 Å².